The van der Waals surface area contributed by atoms with Crippen molar-refractivity contribution in [2.75, 3.05) is 18.4 Å². The van der Waals surface area contributed by atoms with Gasteiger partial charge in [-0.1, -0.05) is 0 Å². The molecule has 0 spiro atoms. The number of anilines is 1. The quantitative estimate of drug-likeness (QED) is 0.611. The highest BCUT2D eigenvalue weighted by Crippen LogP contribution is 2.09. The molecule has 1 aromatic rings. The molecule has 13 heavy (non-hydrogen) atoms. The first kappa shape index (κ1) is 8.25. The van der Waals surface area contributed by atoms with E-state index in [1.165, 1.54) is 0 Å². The molecule has 0 bridgehead atoms. The number of carbonyl (C=O) groups is 1. The van der Waals surface area contributed by atoms with Crippen molar-refractivity contribution in [1.29, 1.82) is 0 Å². The van der Waals surface area contributed by atoms with Crippen molar-refractivity contribution in [3.05, 3.63) is 12.4 Å². The lowest BCUT2D eigenvalue weighted by molar-refractivity contribution is -0.117. The Morgan fingerprint density at radius 3 is 3.08 bits per heavy atom. The minimum absolute atomic E-state index is 0.0291. The van der Waals surface area contributed by atoms with Crippen LogP contribution in [0.15, 0.2) is 12.4 Å². The highest BCUT2D eigenvalue weighted by molar-refractivity contribution is 5.89. The third kappa shape index (κ3) is 2.06. The number of imidazole rings is 1. The summed E-state index contributed by atoms with van der Waals surface area (Å²) in [5.41, 5.74) is 0. The number of nitrogens with one attached hydrogen (secondary N) is 3. The van der Waals surface area contributed by atoms with Gasteiger partial charge < -0.3 is 10.3 Å². The molecule has 0 atom stereocenters. The van der Waals surface area contributed by atoms with Gasteiger partial charge in [0.2, 0.25) is 11.9 Å². The summed E-state index contributed by atoms with van der Waals surface area (Å²) in [6.45, 7) is 1.90. The molecule has 5 nitrogen and oxygen atoms in total. The Labute approximate surface area is 75.9 Å². The van der Waals surface area contributed by atoms with Gasteiger partial charge in [0.15, 0.2) is 0 Å². The van der Waals surface area contributed by atoms with Gasteiger partial charge in [0, 0.05) is 18.8 Å². The Morgan fingerprint density at radius 1 is 1.69 bits per heavy atom. The Hall–Kier alpha value is -1.36. The smallest absolute Gasteiger partial charge is 0.227 e. The van der Waals surface area contributed by atoms with E-state index in [1.807, 2.05) is 0 Å². The van der Waals surface area contributed by atoms with Crippen LogP contribution in [0.4, 0.5) is 5.95 Å². The largest absolute Gasteiger partial charge is 0.331 e. The molecule has 5 heteroatoms. The van der Waals surface area contributed by atoms with Gasteiger partial charge in [-0.25, -0.2) is 4.98 Å². The van der Waals surface area contributed by atoms with E-state index < -0.39 is 0 Å². The number of amides is 1. The van der Waals surface area contributed by atoms with Crippen LogP contribution >= 0.6 is 0 Å². The molecule has 3 N–H and O–H groups in total. The normalized spacial score (nSPS) is 16.6. The number of aromatic amines is 1. The van der Waals surface area contributed by atoms with E-state index >= 15 is 0 Å². The number of carbonyl (C=O) groups excluding carboxylic acids is 1. The maximum Gasteiger partial charge on any atom is 0.227 e. The predicted molar refractivity (Wildman–Crippen MR) is 48.2 cm³/mol. The zero-order chi connectivity index (χ0) is 9.10. The summed E-state index contributed by atoms with van der Waals surface area (Å²) in [5, 5.41) is 5.81. The standard InChI is InChI=1S/C8H12N4O/c13-7(3-6-4-9-5-6)12-8-10-1-2-11-8/h1-2,6,9H,3-5H2,(H2,10,11,12,13). The Bertz CT molecular complexity index is 278. The van der Waals surface area contributed by atoms with Crippen LogP contribution in [0.2, 0.25) is 0 Å². The van der Waals surface area contributed by atoms with Crippen molar-refractivity contribution in [3.63, 3.8) is 0 Å². The molecule has 2 heterocycles. The number of H-pyrrole nitrogens is 1. The summed E-state index contributed by atoms with van der Waals surface area (Å²) in [6.07, 6.45) is 3.87. The molecule has 1 fully saturated rings. The summed E-state index contributed by atoms with van der Waals surface area (Å²) in [6, 6.07) is 0. The fourth-order valence-electron chi connectivity index (χ4n) is 1.27. The van der Waals surface area contributed by atoms with Crippen LogP contribution in [0.5, 0.6) is 0 Å². The molecule has 0 saturated carbocycles. The maximum atomic E-state index is 11.3. The summed E-state index contributed by atoms with van der Waals surface area (Å²) in [4.78, 5) is 18.0. The molecule has 1 aliphatic heterocycles. The number of hydrogen-bond acceptors (Lipinski definition) is 3. The van der Waals surface area contributed by atoms with E-state index in [9.17, 15) is 4.79 Å². The van der Waals surface area contributed by atoms with E-state index in [0.29, 0.717) is 18.3 Å². The molecule has 1 aliphatic rings. The predicted octanol–water partition coefficient (Wildman–Crippen LogP) is -0.0423. The number of rotatable bonds is 3. The van der Waals surface area contributed by atoms with Crippen molar-refractivity contribution < 1.29 is 4.79 Å². The molecule has 2 rings (SSSR count). The van der Waals surface area contributed by atoms with Crippen molar-refractivity contribution >= 4 is 11.9 Å². The second-order valence-electron chi connectivity index (χ2n) is 3.21. The zero-order valence-corrected chi connectivity index (χ0v) is 7.21. The lowest BCUT2D eigenvalue weighted by atomic mass is 9.99. The topological polar surface area (TPSA) is 69.8 Å². The molecule has 1 aromatic heterocycles. The van der Waals surface area contributed by atoms with Gasteiger partial charge in [0.25, 0.3) is 0 Å². The minimum atomic E-state index is 0.0291. The third-order valence-electron chi connectivity index (χ3n) is 2.10. The SMILES string of the molecule is O=C(CC1CNC1)Nc1ncc[nH]1. The van der Waals surface area contributed by atoms with Crippen LogP contribution in [-0.4, -0.2) is 29.0 Å². The minimum Gasteiger partial charge on any atom is -0.331 e. The van der Waals surface area contributed by atoms with Gasteiger partial charge in [-0.3, -0.25) is 10.1 Å². The van der Waals surface area contributed by atoms with E-state index in [2.05, 4.69) is 20.6 Å². The summed E-state index contributed by atoms with van der Waals surface area (Å²) >= 11 is 0. The van der Waals surface area contributed by atoms with Crippen LogP contribution in [0.3, 0.4) is 0 Å². The molecular formula is C8H12N4O. The van der Waals surface area contributed by atoms with Crippen LogP contribution in [0, 0.1) is 5.92 Å². The van der Waals surface area contributed by atoms with E-state index in [4.69, 9.17) is 0 Å². The molecular weight excluding hydrogens is 168 g/mol. The molecule has 0 aromatic carbocycles. The van der Waals surface area contributed by atoms with Crippen molar-refractivity contribution in [1.82, 2.24) is 15.3 Å². The fourth-order valence-corrected chi connectivity index (χ4v) is 1.27. The van der Waals surface area contributed by atoms with Crippen LogP contribution in [-0.2, 0) is 4.79 Å². The average molecular weight is 180 g/mol. The fraction of sp³-hybridized carbons (Fsp3) is 0.500. The van der Waals surface area contributed by atoms with Crippen molar-refractivity contribution in [2.45, 2.75) is 6.42 Å². The van der Waals surface area contributed by atoms with Gasteiger partial charge in [-0.05, 0) is 19.0 Å². The molecule has 0 radical (unpaired) electrons. The zero-order valence-electron chi connectivity index (χ0n) is 7.21. The molecule has 1 saturated heterocycles. The number of aromatic nitrogens is 2. The number of nitrogens with zero attached hydrogens (tertiary/aromatic N) is 1. The highest BCUT2D eigenvalue weighted by atomic mass is 16.1. The number of hydrogen-bond donors (Lipinski definition) is 3. The van der Waals surface area contributed by atoms with Gasteiger partial charge in [-0.15, -0.1) is 0 Å². The third-order valence-corrected chi connectivity index (χ3v) is 2.10. The first-order valence-corrected chi connectivity index (χ1v) is 4.34. The first-order valence-electron chi connectivity index (χ1n) is 4.34. The van der Waals surface area contributed by atoms with Crippen molar-refractivity contribution in [2.24, 2.45) is 5.92 Å². The lowest BCUT2D eigenvalue weighted by Gasteiger charge is -2.25. The summed E-state index contributed by atoms with van der Waals surface area (Å²) in [7, 11) is 0. The van der Waals surface area contributed by atoms with Crippen LogP contribution in [0.25, 0.3) is 0 Å². The maximum absolute atomic E-state index is 11.3. The lowest BCUT2D eigenvalue weighted by Crippen LogP contribution is -2.43. The molecule has 0 unspecified atom stereocenters. The Balaban J connectivity index is 1.78. The van der Waals surface area contributed by atoms with E-state index in [-0.39, 0.29) is 5.91 Å². The van der Waals surface area contributed by atoms with Gasteiger partial charge in [-0.2, -0.15) is 0 Å². The van der Waals surface area contributed by atoms with Crippen LogP contribution in [0.1, 0.15) is 6.42 Å². The average Bonchev–Trinajstić information content (AvgIpc) is 2.49. The van der Waals surface area contributed by atoms with Gasteiger partial charge in [0.1, 0.15) is 0 Å². The van der Waals surface area contributed by atoms with Gasteiger partial charge >= 0.3 is 0 Å². The Kier molecular flexibility index (Phi) is 2.27. The molecule has 70 valence electrons. The molecule has 0 aliphatic carbocycles. The van der Waals surface area contributed by atoms with Crippen LogP contribution < -0.4 is 10.6 Å². The van der Waals surface area contributed by atoms with Gasteiger partial charge in [0.05, 0.1) is 0 Å². The first-order chi connectivity index (χ1) is 6.34. The highest BCUT2D eigenvalue weighted by Gasteiger charge is 2.20. The van der Waals surface area contributed by atoms with E-state index in [0.717, 1.165) is 13.1 Å². The second kappa shape index (κ2) is 3.57. The summed E-state index contributed by atoms with van der Waals surface area (Å²) < 4.78 is 0. The van der Waals surface area contributed by atoms with E-state index in [1.54, 1.807) is 12.4 Å². The second-order valence-corrected chi connectivity index (χ2v) is 3.21. The van der Waals surface area contributed by atoms with Crippen molar-refractivity contribution in [3.8, 4) is 0 Å². The Morgan fingerprint density at radius 2 is 2.54 bits per heavy atom. The summed E-state index contributed by atoms with van der Waals surface area (Å²) in [5.74, 6) is 1.05. The molecule has 1 amide bonds. The monoisotopic (exact) mass is 180 g/mol.